The summed E-state index contributed by atoms with van der Waals surface area (Å²) in [5.74, 6) is -3.64. The Morgan fingerprint density at radius 2 is 1.92 bits per heavy atom. The molecule has 130 valence electrons. The number of halogens is 3. The number of hydrogen-bond donors (Lipinski definition) is 2. The van der Waals surface area contributed by atoms with Crippen LogP contribution in [0.3, 0.4) is 0 Å². The van der Waals surface area contributed by atoms with Gasteiger partial charge in [0.05, 0.1) is 5.56 Å². The number of aromatic hydroxyl groups is 1. The fourth-order valence-corrected chi connectivity index (χ4v) is 3.04. The van der Waals surface area contributed by atoms with Gasteiger partial charge in [-0.3, -0.25) is 14.7 Å². The molecule has 0 aliphatic carbocycles. The van der Waals surface area contributed by atoms with Crippen molar-refractivity contribution in [2.24, 2.45) is 7.05 Å². The third-order valence-electron chi connectivity index (χ3n) is 2.84. The molecule has 1 heterocycles. The predicted molar refractivity (Wildman–Crippen MR) is 75.2 cm³/mol. The smallest absolute Gasteiger partial charge is 0.403 e. The molecule has 2 rings (SSSR count). The molecule has 2 aromatic rings. The molecule has 1 aromatic carbocycles. The van der Waals surface area contributed by atoms with E-state index in [4.69, 9.17) is 0 Å². The maximum absolute atomic E-state index is 12.3. The standard InChI is InChI=1S/C12H11F3N4O4S/c1-19-10(16-9(21)7-4-2-3-5-8(7)20)17-18-11(19)24(22,23)6-12(13,14)15/h2-5,20H,6H2,1H3,(H,16,17,21). The van der Waals surface area contributed by atoms with E-state index in [1.54, 1.807) is 0 Å². The zero-order valence-corrected chi connectivity index (χ0v) is 12.9. The van der Waals surface area contributed by atoms with Gasteiger partial charge in [0.1, 0.15) is 5.75 Å². The highest BCUT2D eigenvalue weighted by Gasteiger charge is 2.38. The minimum absolute atomic E-state index is 0.125. The molecule has 0 atom stereocenters. The molecular formula is C12H11F3N4O4S. The van der Waals surface area contributed by atoms with Crippen LogP contribution in [0.2, 0.25) is 0 Å². The number of nitrogens with zero attached hydrogens (tertiary/aromatic N) is 3. The van der Waals surface area contributed by atoms with Crippen LogP contribution < -0.4 is 5.32 Å². The quantitative estimate of drug-likeness (QED) is 0.840. The van der Waals surface area contributed by atoms with Crippen LogP contribution in [-0.4, -0.2) is 46.1 Å². The van der Waals surface area contributed by atoms with E-state index < -0.39 is 32.8 Å². The lowest BCUT2D eigenvalue weighted by Crippen LogP contribution is -2.25. The number of sulfone groups is 1. The summed E-state index contributed by atoms with van der Waals surface area (Å²) in [5.41, 5.74) is -0.125. The van der Waals surface area contributed by atoms with Crippen molar-refractivity contribution < 1.29 is 31.5 Å². The van der Waals surface area contributed by atoms with Crippen LogP contribution in [0.25, 0.3) is 0 Å². The fraction of sp³-hybridized carbons (Fsp3) is 0.250. The van der Waals surface area contributed by atoms with Crippen molar-refractivity contribution in [3.05, 3.63) is 29.8 Å². The van der Waals surface area contributed by atoms with Gasteiger partial charge in [-0.25, -0.2) is 8.42 Å². The van der Waals surface area contributed by atoms with Crippen LogP contribution in [0, 0.1) is 0 Å². The fourth-order valence-electron chi connectivity index (χ4n) is 1.81. The molecule has 0 saturated carbocycles. The summed E-state index contributed by atoms with van der Waals surface area (Å²) in [6.45, 7) is 0. The Morgan fingerprint density at radius 1 is 1.29 bits per heavy atom. The number of rotatable bonds is 4. The Balaban J connectivity index is 2.28. The molecule has 0 spiro atoms. The second-order valence-corrected chi connectivity index (χ2v) is 6.59. The Hall–Kier alpha value is -2.63. The van der Waals surface area contributed by atoms with Gasteiger partial charge in [0.15, 0.2) is 5.75 Å². The molecule has 2 N–H and O–H groups in total. The lowest BCUT2D eigenvalue weighted by molar-refractivity contribution is -0.106. The van der Waals surface area contributed by atoms with E-state index in [1.165, 1.54) is 24.3 Å². The Labute approximate surface area is 133 Å². The average molecular weight is 364 g/mol. The first-order valence-electron chi connectivity index (χ1n) is 6.29. The number of nitrogens with one attached hydrogen (secondary N) is 1. The van der Waals surface area contributed by atoms with Gasteiger partial charge in [-0.1, -0.05) is 12.1 Å². The number of hydrogen-bond acceptors (Lipinski definition) is 6. The van der Waals surface area contributed by atoms with E-state index in [-0.39, 0.29) is 17.3 Å². The normalized spacial score (nSPS) is 12.2. The predicted octanol–water partition coefficient (Wildman–Crippen LogP) is 1.11. The van der Waals surface area contributed by atoms with Crippen molar-refractivity contribution in [3.8, 4) is 5.75 Å². The molecule has 8 nitrogen and oxygen atoms in total. The van der Waals surface area contributed by atoms with Crippen molar-refractivity contribution in [2.75, 3.05) is 11.1 Å². The van der Waals surface area contributed by atoms with Crippen LogP contribution in [0.4, 0.5) is 19.1 Å². The highest BCUT2D eigenvalue weighted by molar-refractivity contribution is 7.91. The maximum atomic E-state index is 12.3. The first-order valence-corrected chi connectivity index (χ1v) is 7.95. The summed E-state index contributed by atoms with van der Waals surface area (Å²) >= 11 is 0. The van der Waals surface area contributed by atoms with Gasteiger partial charge in [-0.05, 0) is 12.1 Å². The average Bonchev–Trinajstić information content (AvgIpc) is 2.78. The van der Waals surface area contributed by atoms with Crippen LogP contribution in [-0.2, 0) is 16.9 Å². The molecule has 0 bridgehead atoms. The highest BCUT2D eigenvalue weighted by atomic mass is 32.2. The van der Waals surface area contributed by atoms with Crippen molar-refractivity contribution in [1.29, 1.82) is 0 Å². The third kappa shape index (κ3) is 3.82. The minimum atomic E-state index is -4.94. The second-order valence-electron chi connectivity index (χ2n) is 4.71. The van der Waals surface area contributed by atoms with Crippen LogP contribution >= 0.6 is 0 Å². The Morgan fingerprint density at radius 3 is 2.50 bits per heavy atom. The second kappa shape index (κ2) is 6.11. The van der Waals surface area contributed by atoms with Crippen LogP contribution in [0.1, 0.15) is 10.4 Å². The topological polar surface area (TPSA) is 114 Å². The summed E-state index contributed by atoms with van der Waals surface area (Å²) in [7, 11) is -3.69. The van der Waals surface area contributed by atoms with Gasteiger partial charge in [-0.15, -0.1) is 10.2 Å². The first kappa shape index (κ1) is 17.7. The Kier molecular flexibility index (Phi) is 4.51. The van der Waals surface area contributed by atoms with E-state index in [1.807, 2.05) is 0 Å². The molecule has 0 saturated heterocycles. The van der Waals surface area contributed by atoms with Gasteiger partial charge < -0.3 is 5.11 Å². The van der Waals surface area contributed by atoms with E-state index in [0.29, 0.717) is 4.57 Å². The van der Waals surface area contributed by atoms with Gasteiger partial charge in [-0.2, -0.15) is 13.2 Å². The van der Waals surface area contributed by atoms with Gasteiger partial charge in [0.2, 0.25) is 15.8 Å². The summed E-state index contributed by atoms with van der Waals surface area (Å²) in [6, 6.07) is 5.51. The third-order valence-corrected chi connectivity index (χ3v) is 4.46. The highest BCUT2D eigenvalue weighted by Crippen LogP contribution is 2.23. The molecule has 12 heteroatoms. The van der Waals surface area contributed by atoms with Crippen molar-refractivity contribution in [1.82, 2.24) is 14.8 Å². The number of para-hydroxylation sites is 1. The van der Waals surface area contributed by atoms with E-state index in [9.17, 15) is 31.5 Å². The zero-order chi connectivity index (χ0) is 18.1. The molecule has 0 unspecified atom stereocenters. The van der Waals surface area contributed by atoms with Crippen LogP contribution in [0.5, 0.6) is 5.75 Å². The minimum Gasteiger partial charge on any atom is -0.507 e. The lowest BCUT2D eigenvalue weighted by Gasteiger charge is -2.08. The van der Waals surface area contributed by atoms with E-state index in [2.05, 4.69) is 15.5 Å². The number of alkyl halides is 3. The molecular weight excluding hydrogens is 353 g/mol. The molecule has 0 radical (unpaired) electrons. The lowest BCUT2D eigenvalue weighted by atomic mass is 10.2. The van der Waals surface area contributed by atoms with E-state index >= 15 is 0 Å². The van der Waals surface area contributed by atoms with Gasteiger partial charge >= 0.3 is 6.18 Å². The molecule has 24 heavy (non-hydrogen) atoms. The molecule has 1 aromatic heterocycles. The SMILES string of the molecule is Cn1c(NC(=O)c2ccccc2O)nnc1S(=O)(=O)CC(F)(F)F. The summed E-state index contributed by atoms with van der Waals surface area (Å²) < 4.78 is 61.1. The Bertz CT molecular complexity index is 877. The van der Waals surface area contributed by atoms with Gasteiger partial charge in [0, 0.05) is 7.05 Å². The zero-order valence-electron chi connectivity index (χ0n) is 12.1. The number of phenols is 1. The number of anilines is 1. The molecule has 0 aliphatic heterocycles. The summed E-state index contributed by atoms with van der Waals surface area (Å²) in [4.78, 5) is 12.0. The number of carbonyl (C=O) groups excluding carboxylic acids is 1. The molecule has 1 amide bonds. The van der Waals surface area contributed by atoms with Gasteiger partial charge in [0.25, 0.3) is 11.1 Å². The number of phenolic OH excluding ortho intramolecular Hbond substituents is 1. The van der Waals surface area contributed by atoms with E-state index in [0.717, 1.165) is 7.05 Å². The number of amides is 1. The molecule has 0 aliphatic rings. The number of aromatic nitrogens is 3. The number of benzene rings is 1. The summed E-state index contributed by atoms with van der Waals surface area (Å²) in [6.07, 6.45) is -4.94. The first-order chi connectivity index (χ1) is 11.0. The monoisotopic (exact) mass is 364 g/mol. The number of carbonyl (C=O) groups is 1. The van der Waals surface area contributed by atoms with Crippen molar-refractivity contribution in [2.45, 2.75) is 11.3 Å². The van der Waals surface area contributed by atoms with Crippen LogP contribution in [0.15, 0.2) is 29.4 Å². The van der Waals surface area contributed by atoms with Crippen molar-refractivity contribution >= 4 is 21.7 Å². The molecule has 0 fully saturated rings. The van der Waals surface area contributed by atoms with Crippen molar-refractivity contribution in [3.63, 3.8) is 0 Å². The maximum Gasteiger partial charge on any atom is 0.403 e. The summed E-state index contributed by atoms with van der Waals surface area (Å²) in [5, 5.41) is 17.3. The largest absolute Gasteiger partial charge is 0.507 e.